The maximum Gasteiger partial charge on any atom is 0.500 e. The molecule has 0 atom stereocenters. The molecular formula is C22H42O3Si. The molecule has 1 aliphatic carbocycles. The second-order valence-corrected chi connectivity index (χ2v) is 10.5. The van der Waals surface area contributed by atoms with E-state index < -0.39 is 8.80 Å². The van der Waals surface area contributed by atoms with Crippen LogP contribution in [0.4, 0.5) is 0 Å². The monoisotopic (exact) mass is 382 g/mol. The first-order valence-corrected chi connectivity index (χ1v) is 12.7. The zero-order valence-electron chi connectivity index (χ0n) is 17.6. The summed E-state index contributed by atoms with van der Waals surface area (Å²) >= 11 is 0. The van der Waals surface area contributed by atoms with Crippen LogP contribution in [0.15, 0.2) is 23.8 Å². The molecule has 0 aromatic rings. The Bertz CT molecular complexity index is 381. The van der Waals surface area contributed by atoms with E-state index in [-0.39, 0.29) is 0 Å². The average Bonchev–Trinajstić information content (AvgIpc) is 3.19. The fourth-order valence-electron chi connectivity index (χ4n) is 3.69. The first-order chi connectivity index (χ1) is 12.8. The molecule has 26 heavy (non-hydrogen) atoms. The summed E-state index contributed by atoms with van der Waals surface area (Å²) in [6.07, 6.45) is 25.7. The Balaban J connectivity index is 1.78. The molecule has 0 bridgehead atoms. The van der Waals surface area contributed by atoms with Gasteiger partial charge in [-0.15, -0.1) is 0 Å². The summed E-state index contributed by atoms with van der Waals surface area (Å²) in [4.78, 5) is 0. The molecule has 1 aliphatic rings. The smallest absolute Gasteiger partial charge is 0.377 e. The molecule has 0 unspecified atom stereocenters. The van der Waals surface area contributed by atoms with E-state index in [1.54, 1.807) is 26.9 Å². The van der Waals surface area contributed by atoms with Crippen LogP contribution in [0.3, 0.4) is 0 Å². The lowest BCUT2D eigenvalue weighted by Gasteiger charge is -2.24. The first-order valence-electron chi connectivity index (χ1n) is 10.8. The zero-order valence-corrected chi connectivity index (χ0v) is 18.6. The van der Waals surface area contributed by atoms with Gasteiger partial charge < -0.3 is 13.3 Å². The fraction of sp³-hybridized carbons (Fsp3) is 0.818. The molecule has 152 valence electrons. The Morgan fingerprint density at radius 3 is 1.58 bits per heavy atom. The summed E-state index contributed by atoms with van der Waals surface area (Å²) < 4.78 is 16.4. The van der Waals surface area contributed by atoms with Crippen LogP contribution in [0.2, 0.25) is 6.04 Å². The average molecular weight is 383 g/mol. The van der Waals surface area contributed by atoms with Gasteiger partial charge in [-0.05, 0) is 25.7 Å². The minimum Gasteiger partial charge on any atom is -0.377 e. The second-order valence-electron chi connectivity index (χ2n) is 7.46. The van der Waals surface area contributed by atoms with E-state index >= 15 is 0 Å². The van der Waals surface area contributed by atoms with Gasteiger partial charge in [0.05, 0.1) is 0 Å². The normalized spacial score (nSPS) is 14.2. The maximum absolute atomic E-state index is 5.46. The van der Waals surface area contributed by atoms with Gasteiger partial charge in [-0.2, -0.15) is 0 Å². The van der Waals surface area contributed by atoms with Crippen LogP contribution < -0.4 is 0 Å². The Morgan fingerprint density at radius 1 is 0.692 bits per heavy atom. The summed E-state index contributed by atoms with van der Waals surface area (Å²) in [6, 6.07) is 0.935. The van der Waals surface area contributed by atoms with Crippen molar-refractivity contribution in [3.05, 3.63) is 23.8 Å². The maximum atomic E-state index is 5.46. The van der Waals surface area contributed by atoms with Gasteiger partial charge in [0, 0.05) is 27.4 Å². The molecule has 1 rings (SSSR count). The van der Waals surface area contributed by atoms with Gasteiger partial charge in [0.15, 0.2) is 0 Å². The van der Waals surface area contributed by atoms with Crippen molar-refractivity contribution in [1.29, 1.82) is 0 Å². The lowest BCUT2D eigenvalue weighted by molar-refractivity contribution is 0.122. The first kappa shape index (κ1) is 23.6. The standard InChI is InChI=1S/C22H42O3Si/c1-23-26(24-2,25-3)21-17-13-11-9-7-5-4-6-8-10-12-14-18-22-19-15-16-20-22/h15,19-20H,4-14,16-18,21H2,1-3H3. The van der Waals surface area contributed by atoms with E-state index in [4.69, 9.17) is 13.3 Å². The van der Waals surface area contributed by atoms with Crippen LogP contribution in [0, 0.1) is 0 Å². The fourth-order valence-corrected chi connectivity index (χ4v) is 5.48. The van der Waals surface area contributed by atoms with Gasteiger partial charge >= 0.3 is 8.80 Å². The molecule has 0 radical (unpaired) electrons. The van der Waals surface area contributed by atoms with Crippen molar-refractivity contribution >= 4 is 8.80 Å². The Hall–Kier alpha value is -0.423. The van der Waals surface area contributed by atoms with E-state index in [9.17, 15) is 0 Å². The van der Waals surface area contributed by atoms with E-state index in [0.717, 1.165) is 18.9 Å². The van der Waals surface area contributed by atoms with Crippen molar-refractivity contribution in [2.75, 3.05) is 21.3 Å². The molecule has 0 fully saturated rings. The largest absolute Gasteiger partial charge is 0.500 e. The molecule has 0 N–H and O–H groups in total. The second kappa shape index (κ2) is 15.6. The third-order valence-corrected chi connectivity index (χ3v) is 8.31. The minimum atomic E-state index is -2.33. The molecule has 0 amide bonds. The number of hydrogen-bond donors (Lipinski definition) is 0. The van der Waals surface area contributed by atoms with Crippen molar-refractivity contribution < 1.29 is 13.3 Å². The van der Waals surface area contributed by atoms with Crippen molar-refractivity contribution in [1.82, 2.24) is 0 Å². The van der Waals surface area contributed by atoms with Crippen LogP contribution in [-0.4, -0.2) is 30.1 Å². The number of allylic oxidation sites excluding steroid dienone is 4. The quantitative estimate of drug-likeness (QED) is 0.192. The van der Waals surface area contributed by atoms with Crippen LogP contribution >= 0.6 is 0 Å². The van der Waals surface area contributed by atoms with Gasteiger partial charge in [-0.3, -0.25) is 0 Å². The van der Waals surface area contributed by atoms with Gasteiger partial charge in [-0.25, -0.2) is 0 Å². The van der Waals surface area contributed by atoms with E-state index in [2.05, 4.69) is 18.2 Å². The SMILES string of the molecule is CO[Si](CCCCCCCCCCCCCCC1=CCC=C1)(OC)OC. The summed E-state index contributed by atoms with van der Waals surface area (Å²) in [6.45, 7) is 0. The van der Waals surface area contributed by atoms with E-state index in [1.165, 1.54) is 77.0 Å². The van der Waals surface area contributed by atoms with Crippen molar-refractivity contribution in [3.63, 3.8) is 0 Å². The third kappa shape index (κ3) is 10.7. The minimum absolute atomic E-state index is 0.935. The molecule has 0 aliphatic heterocycles. The van der Waals surface area contributed by atoms with Gasteiger partial charge in [0.25, 0.3) is 0 Å². The Morgan fingerprint density at radius 2 is 1.15 bits per heavy atom. The summed E-state index contributed by atoms with van der Waals surface area (Å²) in [5.41, 5.74) is 1.56. The van der Waals surface area contributed by atoms with Gasteiger partial charge in [0.2, 0.25) is 0 Å². The molecule has 0 heterocycles. The highest BCUT2D eigenvalue weighted by molar-refractivity contribution is 6.60. The van der Waals surface area contributed by atoms with E-state index in [1.807, 2.05) is 0 Å². The van der Waals surface area contributed by atoms with Gasteiger partial charge in [-0.1, -0.05) is 88.0 Å². The summed E-state index contributed by atoms with van der Waals surface area (Å²) in [5.74, 6) is 0. The Labute approximate surface area is 163 Å². The zero-order chi connectivity index (χ0) is 18.9. The third-order valence-electron chi connectivity index (χ3n) is 5.48. The van der Waals surface area contributed by atoms with Crippen molar-refractivity contribution in [3.8, 4) is 0 Å². The molecule has 4 heteroatoms. The Kier molecular flexibility index (Phi) is 14.2. The molecular weight excluding hydrogens is 340 g/mol. The van der Waals surface area contributed by atoms with E-state index in [0.29, 0.717) is 0 Å². The predicted octanol–water partition coefficient (Wildman–Crippen LogP) is 6.82. The molecule has 0 aromatic heterocycles. The van der Waals surface area contributed by atoms with Crippen molar-refractivity contribution in [2.45, 2.75) is 95.9 Å². The lowest BCUT2D eigenvalue weighted by Crippen LogP contribution is -2.42. The summed E-state index contributed by atoms with van der Waals surface area (Å²) in [7, 11) is 2.76. The van der Waals surface area contributed by atoms with Crippen LogP contribution in [0.1, 0.15) is 89.9 Å². The van der Waals surface area contributed by atoms with Crippen LogP contribution in [0.25, 0.3) is 0 Å². The number of rotatable bonds is 18. The molecule has 3 nitrogen and oxygen atoms in total. The molecule has 0 spiro atoms. The van der Waals surface area contributed by atoms with Crippen molar-refractivity contribution in [2.24, 2.45) is 0 Å². The van der Waals surface area contributed by atoms with Crippen LogP contribution in [0.5, 0.6) is 0 Å². The lowest BCUT2D eigenvalue weighted by atomic mass is 10.0. The highest BCUT2D eigenvalue weighted by atomic mass is 28.4. The molecule has 0 aromatic carbocycles. The molecule has 0 saturated carbocycles. The topological polar surface area (TPSA) is 27.7 Å². The highest BCUT2D eigenvalue weighted by Crippen LogP contribution is 2.19. The molecule has 0 saturated heterocycles. The number of hydrogen-bond acceptors (Lipinski definition) is 3. The van der Waals surface area contributed by atoms with Gasteiger partial charge in [0.1, 0.15) is 0 Å². The predicted molar refractivity (Wildman–Crippen MR) is 113 cm³/mol. The summed E-state index contributed by atoms with van der Waals surface area (Å²) in [5, 5.41) is 0. The highest BCUT2D eigenvalue weighted by Gasteiger charge is 2.36. The number of unbranched alkanes of at least 4 members (excludes halogenated alkanes) is 11. The van der Waals surface area contributed by atoms with Crippen LogP contribution in [-0.2, 0) is 13.3 Å².